The number of nitrogens with zero attached hydrogens (tertiary/aromatic N) is 1. The normalized spacial score (nSPS) is 13.0. The monoisotopic (exact) mass is 271 g/mol. The van der Waals surface area contributed by atoms with E-state index in [0.717, 1.165) is 6.07 Å². The minimum absolute atomic E-state index is 0.155. The van der Waals surface area contributed by atoms with Gasteiger partial charge in [-0.15, -0.1) is 0 Å². The molecule has 5 heteroatoms. The molecule has 0 aromatic heterocycles. The highest BCUT2D eigenvalue weighted by Crippen LogP contribution is 2.23. The van der Waals surface area contributed by atoms with Gasteiger partial charge in [0, 0.05) is 18.7 Å². The van der Waals surface area contributed by atoms with E-state index >= 15 is 0 Å². The number of carbonyl (C=O) groups is 1. The van der Waals surface area contributed by atoms with E-state index in [2.05, 4.69) is 0 Å². The molecular formula is C14H19F2NO2. The van der Waals surface area contributed by atoms with Crippen LogP contribution in [0.4, 0.5) is 8.78 Å². The summed E-state index contributed by atoms with van der Waals surface area (Å²) < 4.78 is 26.4. The summed E-state index contributed by atoms with van der Waals surface area (Å²) in [5.74, 6) is -1.99. The lowest BCUT2D eigenvalue weighted by Crippen LogP contribution is -2.35. The van der Waals surface area contributed by atoms with Gasteiger partial charge in [-0.2, -0.15) is 0 Å². The van der Waals surface area contributed by atoms with Crippen LogP contribution in [0.1, 0.15) is 32.4 Å². The second-order valence-corrected chi connectivity index (χ2v) is 5.10. The summed E-state index contributed by atoms with van der Waals surface area (Å²) in [6.07, 6.45) is 0. The minimum atomic E-state index is -0.954. The number of carboxylic acid groups (broad SMARTS) is 1. The van der Waals surface area contributed by atoms with Crippen LogP contribution in [-0.4, -0.2) is 29.1 Å². The molecule has 0 saturated carbocycles. The predicted octanol–water partition coefficient (Wildman–Crippen LogP) is 3.07. The summed E-state index contributed by atoms with van der Waals surface area (Å²) in [6.45, 7) is 6.07. The first kappa shape index (κ1) is 15.6. The van der Waals surface area contributed by atoms with Crippen molar-refractivity contribution in [3.8, 4) is 0 Å². The largest absolute Gasteiger partial charge is 0.480 e. The molecule has 0 spiro atoms. The Morgan fingerprint density at radius 1 is 1.21 bits per heavy atom. The van der Waals surface area contributed by atoms with Crippen LogP contribution in [0.25, 0.3) is 0 Å². The van der Waals surface area contributed by atoms with E-state index in [4.69, 9.17) is 5.11 Å². The van der Waals surface area contributed by atoms with Crippen LogP contribution in [0, 0.1) is 17.6 Å². The minimum Gasteiger partial charge on any atom is -0.480 e. The highest BCUT2D eigenvalue weighted by molar-refractivity contribution is 5.69. The summed E-state index contributed by atoms with van der Waals surface area (Å²) in [5.41, 5.74) is 0.444. The zero-order valence-corrected chi connectivity index (χ0v) is 11.4. The van der Waals surface area contributed by atoms with Crippen LogP contribution < -0.4 is 0 Å². The highest BCUT2D eigenvalue weighted by atomic mass is 19.1. The Balaban J connectivity index is 2.96. The molecule has 0 amide bonds. The molecule has 1 unspecified atom stereocenters. The van der Waals surface area contributed by atoms with Crippen LogP contribution in [0.2, 0.25) is 0 Å². The molecule has 0 radical (unpaired) electrons. The Morgan fingerprint density at radius 3 is 2.16 bits per heavy atom. The molecule has 0 aliphatic heterocycles. The molecule has 1 N–H and O–H groups in total. The number of hydrogen-bond acceptors (Lipinski definition) is 2. The van der Waals surface area contributed by atoms with E-state index in [1.165, 1.54) is 12.1 Å². The first-order valence-electron chi connectivity index (χ1n) is 6.21. The Labute approximate surface area is 111 Å². The van der Waals surface area contributed by atoms with Gasteiger partial charge in [0.05, 0.1) is 6.54 Å². The summed E-state index contributed by atoms with van der Waals surface area (Å²) >= 11 is 0. The number of rotatable bonds is 6. The van der Waals surface area contributed by atoms with Gasteiger partial charge in [-0.25, -0.2) is 8.78 Å². The zero-order valence-electron chi connectivity index (χ0n) is 11.4. The lowest BCUT2D eigenvalue weighted by molar-refractivity contribution is -0.139. The molecule has 0 aliphatic rings. The van der Waals surface area contributed by atoms with Crippen molar-refractivity contribution in [2.45, 2.75) is 26.8 Å². The molecule has 0 bridgehead atoms. The van der Waals surface area contributed by atoms with Crippen LogP contribution in [-0.2, 0) is 4.79 Å². The molecule has 1 aromatic rings. The van der Waals surface area contributed by atoms with Gasteiger partial charge in [0.1, 0.15) is 11.6 Å². The molecule has 3 nitrogen and oxygen atoms in total. The predicted molar refractivity (Wildman–Crippen MR) is 68.8 cm³/mol. The Bertz CT molecular complexity index is 429. The van der Waals surface area contributed by atoms with Crippen molar-refractivity contribution in [3.63, 3.8) is 0 Å². The van der Waals surface area contributed by atoms with Gasteiger partial charge >= 0.3 is 5.97 Å². The average Bonchev–Trinajstić information content (AvgIpc) is 2.24. The maximum Gasteiger partial charge on any atom is 0.317 e. The quantitative estimate of drug-likeness (QED) is 0.864. The van der Waals surface area contributed by atoms with Gasteiger partial charge in [-0.3, -0.25) is 9.69 Å². The first-order valence-corrected chi connectivity index (χ1v) is 6.21. The third-order valence-electron chi connectivity index (χ3n) is 2.85. The Kier molecular flexibility index (Phi) is 5.42. The van der Waals surface area contributed by atoms with E-state index in [9.17, 15) is 13.6 Å². The van der Waals surface area contributed by atoms with Gasteiger partial charge in [-0.05, 0) is 30.5 Å². The molecule has 1 aromatic carbocycles. The van der Waals surface area contributed by atoms with Gasteiger partial charge in [-0.1, -0.05) is 13.8 Å². The number of carboxylic acids is 1. The van der Waals surface area contributed by atoms with E-state index in [-0.39, 0.29) is 18.5 Å². The Hall–Kier alpha value is -1.49. The third kappa shape index (κ3) is 4.95. The maximum absolute atomic E-state index is 13.2. The van der Waals surface area contributed by atoms with Gasteiger partial charge in [0.2, 0.25) is 0 Å². The molecule has 1 rings (SSSR count). The van der Waals surface area contributed by atoms with Crippen molar-refractivity contribution in [3.05, 3.63) is 35.4 Å². The van der Waals surface area contributed by atoms with Gasteiger partial charge in [0.25, 0.3) is 0 Å². The fourth-order valence-electron chi connectivity index (χ4n) is 2.03. The summed E-state index contributed by atoms with van der Waals surface area (Å²) in [5, 5.41) is 8.91. The fourth-order valence-corrected chi connectivity index (χ4v) is 2.03. The van der Waals surface area contributed by atoms with Crippen molar-refractivity contribution >= 4 is 5.97 Å². The lowest BCUT2D eigenvalue weighted by atomic mass is 10.0. The molecule has 1 atom stereocenters. The SMILES string of the molecule is CC(C)CN(CC(=O)O)C(C)c1cc(F)cc(F)c1. The molecule has 0 heterocycles. The zero-order chi connectivity index (χ0) is 14.6. The molecule has 0 aliphatic carbocycles. The van der Waals surface area contributed by atoms with Crippen LogP contribution in [0.3, 0.4) is 0 Å². The first-order chi connectivity index (χ1) is 8.79. The van der Waals surface area contributed by atoms with E-state index in [1.807, 2.05) is 13.8 Å². The smallest absolute Gasteiger partial charge is 0.317 e. The van der Waals surface area contributed by atoms with Crippen molar-refractivity contribution in [1.29, 1.82) is 0 Å². The molecule has 106 valence electrons. The van der Waals surface area contributed by atoms with Crippen LogP contribution in [0.5, 0.6) is 0 Å². The van der Waals surface area contributed by atoms with E-state index < -0.39 is 17.6 Å². The number of hydrogen-bond donors (Lipinski definition) is 1. The van der Waals surface area contributed by atoms with E-state index in [1.54, 1.807) is 11.8 Å². The van der Waals surface area contributed by atoms with Gasteiger partial charge < -0.3 is 5.11 Å². The van der Waals surface area contributed by atoms with E-state index in [0.29, 0.717) is 12.1 Å². The summed E-state index contributed by atoms with van der Waals surface area (Å²) in [6, 6.07) is 2.93. The molecule has 0 saturated heterocycles. The summed E-state index contributed by atoms with van der Waals surface area (Å²) in [4.78, 5) is 12.6. The standard InChI is InChI=1S/C14H19F2NO2/c1-9(2)7-17(8-14(18)19)10(3)11-4-12(15)6-13(16)5-11/h4-6,9-10H,7-8H2,1-3H3,(H,18,19). The Morgan fingerprint density at radius 2 is 1.74 bits per heavy atom. The van der Waals surface area contributed by atoms with Crippen molar-refractivity contribution in [2.75, 3.05) is 13.1 Å². The fraction of sp³-hybridized carbons (Fsp3) is 0.500. The van der Waals surface area contributed by atoms with Crippen LogP contribution >= 0.6 is 0 Å². The second-order valence-electron chi connectivity index (χ2n) is 5.10. The number of benzene rings is 1. The number of aliphatic carboxylic acids is 1. The maximum atomic E-state index is 13.2. The van der Waals surface area contributed by atoms with Crippen molar-refractivity contribution < 1.29 is 18.7 Å². The van der Waals surface area contributed by atoms with Crippen molar-refractivity contribution in [2.24, 2.45) is 5.92 Å². The molecular weight excluding hydrogens is 252 g/mol. The third-order valence-corrected chi connectivity index (χ3v) is 2.85. The summed E-state index contributed by atoms with van der Waals surface area (Å²) in [7, 11) is 0. The number of halogens is 2. The topological polar surface area (TPSA) is 40.5 Å². The second kappa shape index (κ2) is 6.61. The molecule has 0 fully saturated rings. The van der Waals surface area contributed by atoms with Crippen LogP contribution in [0.15, 0.2) is 18.2 Å². The molecule has 19 heavy (non-hydrogen) atoms. The highest BCUT2D eigenvalue weighted by Gasteiger charge is 2.20. The van der Waals surface area contributed by atoms with Gasteiger partial charge in [0.15, 0.2) is 0 Å². The van der Waals surface area contributed by atoms with Crippen molar-refractivity contribution in [1.82, 2.24) is 4.90 Å². The lowest BCUT2D eigenvalue weighted by Gasteiger charge is -2.29. The average molecular weight is 271 g/mol.